The Hall–Kier alpha value is -2.41. The highest BCUT2D eigenvalue weighted by atomic mass is 16.5. The first-order valence-electron chi connectivity index (χ1n) is 7.48. The van der Waals surface area contributed by atoms with Crippen LogP contribution in [0.4, 0.5) is 0 Å². The zero-order valence-corrected chi connectivity index (χ0v) is 12.9. The molecule has 2 N–H and O–H groups in total. The Morgan fingerprint density at radius 2 is 2.30 bits per heavy atom. The molecule has 3 amide bonds. The summed E-state index contributed by atoms with van der Waals surface area (Å²) >= 11 is 0. The average Bonchev–Trinajstić information content (AvgIpc) is 2.89. The Morgan fingerprint density at radius 3 is 3.00 bits per heavy atom. The number of imide groups is 1. The fourth-order valence-corrected chi connectivity index (χ4v) is 2.61. The van der Waals surface area contributed by atoms with Gasteiger partial charge in [-0.25, -0.2) is 0 Å². The lowest BCUT2D eigenvalue weighted by Crippen LogP contribution is -2.34. The molecule has 0 aromatic heterocycles. The molecule has 7 heteroatoms. The summed E-state index contributed by atoms with van der Waals surface area (Å²) in [7, 11) is 0. The third-order valence-corrected chi connectivity index (χ3v) is 3.84. The fourth-order valence-electron chi connectivity index (χ4n) is 2.61. The van der Waals surface area contributed by atoms with E-state index in [-0.39, 0.29) is 37.5 Å². The van der Waals surface area contributed by atoms with Crippen molar-refractivity contribution in [3.63, 3.8) is 0 Å². The molecule has 124 valence electrons. The van der Waals surface area contributed by atoms with E-state index >= 15 is 0 Å². The van der Waals surface area contributed by atoms with Gasteiger partial charge in [0.25, 0.3) is 5.91 Å². The van der Waals surface area contributed by atoms with E-state index in [9.17, 15) is 14.4 Å². The van der Waals surface area contributed by atoms with E-state index in [1.54, 1.807) is 23.1 Å². The quantitative estimate of drug-likeness (QED) is 0.678. The second-order valence-electron chi connectivity index (χ2n) is 5.36. The molecule has 1 aromatic rings. The molecular weight excluding hydrogens is 300 g/mol. The molecule has 0 saturated carbocycles. The second kappa shape index (κ2) is 7.73. The summed E-state index contributed by atoms with van der Waals surface area (Å²) < 4.78 is 5.47. The van der Waals surface area contributed by atoms with E-state index < -0.39 is 0 Å². The summed E-state index contributed by atoms with van der Waals surface area (Å²) in [5, 5.41) is 11.0. The molecule has 1 aliphatic rings. The minimum Gasteiger partial charge on any atom is -0.491 e. The van der Waals surface area contributed by atoms with Crippen LogP contribution in [0.15, 0.2) is 18.2 Å². The van der Waals surface area contributed by atoms with Crippen molar-refractivity contribution in [2.24, 2.45) is 0 Å². The lowest BCUT2D eigenvalue weighted by atomic mass is 10.1. The maximum absolute atomic E-state index is 12.5. The highest BCUT2D eigenvalue weighted by Crippen LogP contribution is 2.32. The van der Waals surface area contributed by atoms with E-state index in [0.29, 0.717) is 30.7 Å². The van der Waals surface area contributed by atoms with Crippen molar-refractivity contribution in [2.45, 2.75) is 32.4 Å². The van der Waals surface area contributed by atoms with E-state index in [4.69, 9.17) is 9.84 Å². The first-order chi connectivity index (χ1) is 11.1. The smallest absolute Gasteiger partial charge is 0.254 e. The van der Waals surface area contributed by atoms with Crippen molar-refractivity contribution in [3.05, 3.63) is 29.3 Å². The predicted octanol–water partition coefficient (Wildman–Crippen LogP) is 0.455. The Bertz CT molecular complexity index is 602. The number of benzene rings is 1. The second-order valence-corrected chi connectivity index (χ2v) is 5.36. The molecule has 1 atom stereocenters. The van der Waals surface area contributed by atoms with Crippen LogP contribution < -0.4 is 10.1 Å². The topological polar surface area (TPSA) is 95.9 Å². The molecule has 0 aliphatic carbocycles. The van der Waals surface area contributed by atoms with Crippen LogP contribution in [0.2, 0.25) is 0 Å². The number of ether oxygens (including phenoxy) is 1. The summed E-state index contributed by atoms with van der Waals surface area (Å²) in [6, 6.07) is 5.12. The van der Waals surface area contributed by atoms with Crippen LogP contribution >= 0.6 is 0 Å². The summed E-state index contributed by atoms with van der Waals surface area (Å²) in [5.74, 6) is 0.138. The molecule has 1 unspecified atom stereocenters. The van der Waals surface area contributed by atoms with Crippen molar-refractivity contribution in [3.8, 4) is 5.75 Å². The number of amides is 3. The van der Waals surface area contributed by atoms with Crippen LogP contribution in [-0.4, -0.2) is 47.5 Å². The van der Waals surface area contributed by atoms with Gasteiger partial charge in [-0.05, 0) is 25.5 Å². The SMILES string of the molecule is CC(CCC(=O)NC=O)N1Cc2c(OCCO)cccc2C1=O. The fraction of sp³-hybridized carbons (Fsp3) is 0.438. The lowest BCUT2D eigenvalue weighted by Gasteiger charge is -2.24. The third-order valence-electron chi connectivity index (χ3n) is 3.84. The van der Waals surface area contributed by atoms with Crippen LogP contribution in [0.1, 0.15) is 35.7 Å². The van der Waals surface area contributed by atoms with E-state index in [1.165, 1.54) is 0 Å². The maximum Gasteiger partial charge on any atom is 0.254 e. The maximum atomic E-state index is 12.5. The first-order valence-corrected chi connectivity index (χ1v) is 7.48. The van der Waals surface area contributed by atoms with Crippen LogP contribution in [-0.2, 0) is 16.1 Å². The molecule has 0 saturated heterocycles. The molecular formula is C16H20N2O5. The highest BCUT2D eigenvalue weighted by molar-refractivity contribution is 5.99. The van der Waals surface area contributed by atoms with Crippen molar-refractivity contribution >= 4 is 18.2 Å². The number of nitrogens with one attached hydrogen (secondary N) is 1. The highest BCUT2D eigenvalue weighted by Gasteiger charge is 2.32. The number of aliphatic hydroxyl groups is 1. The van der Waals surface area contributed by atoms with E-state index in [0.717, 1.165) is 5.56 Å². The largest absolute Gasteiger partial charge is 0.491 e. The number of hydrogen-bond acceptors (Lipinski definition) is 5. The summed E-state index contributed by atoms with van der Waals surface area (Å²) in [6.45, 7) is 2.36. The molecule has 0 radical (unpaired) electrons. The van der Waals surface area contributed by atoms with Gasteiger partial charge < -0.3 is 14.7 Å². The van der Waals surface area contributed by atoms with E-state index in [2.05, 4.69) is 5.32 Å². The monoisotopic (exact) mass is 320 g/mol. The van der Waals surface area contributed by atoms with Crippen LogP contribution in [0.3, 0.4) is 0 Å². The molecule has 1 aliphatic heterocycles. The molecule has 1 aromatic carbocycles. The first kappa shape index (κ1) is 17.0. The molecule has 0 fully saturated rings. The van der Waals surface area contributed by atoms with Gasteiger partial charge in [-0.1, -0.05) is 6.07 Å². The van der Waals surface area contributed by atoms with Gasteiger partial charge in [0, 0.05) is 23.6 Å². The standard InChI is InChI=1S/C16H20N2O5/c1-11(5-6-15(21)17-10-20)18-9-13-12(16(18)22)3-2-4-14(13)23-8-7-19/h2-4,10-11,19H,5-9H2,1H3,(H,17,20,21). The van der Waals surface area contributed by atoms with E-state index in [1.807, 2.05) is 6.92 Å². The minimum atomic E-state index is -0.358. The zero-order chi connectivity index (χ0) is 16.8. The van der Waals surface area contributed by atoms with Crippen molar-refractivity contribution < 1.29 is 24.2 Å². The van der Waals surface area contributed by atoms with Gasteiger partial charge in [0.05, 0.1) is 13.2 Å². The molecule has 7 nitrogen and oxygen atoms in total. The summed E-state index contributed by atoms with van der Waals surface area (Å²) in [6.07, 6.45) is 0.995. The Morgan fingerprint density at radius 1 is 1.52 bits per heavy atom. The molecule has 0 spiro atoms. The Labute approximate surface area is 134 Å². The minimum absolute atomic E-state index is 0.0937. The summed E-state index contributed by atoms with van der Waals surface area (Å²) in [4.78, 5) is 35.7. The summed E-state index contributed by atoms with van der Waals surface area (Å²) in [5.41, 5.74) is 1.39. The number of hydrogen-bond donors (Lipinski definition) is 2. The van der Waals surface area contributed by atoms with Gasteiger partial charge in [-0.2, -0.15) is 0 Å². The van der Waals surface area contributed by atoms with Crippen molar-refractivity contribution in [1.82, 2.24) is 10.2 Å². The zero-order valence-electron chi connectivity index (χ0n) is 12.9. The number of fused-ring (bicyclic) bond motifs is 1. The Balaban J connectivity index is 2.05. The third kappa shape index (κ3) is 3.87. The molecule has 0 bridgehead atoms. The number of aliphatic hydroxyl groups excluding tert-OH is 1. The molecule has 1 heterocycles. The van der Waals surface area contributed by atoms with Gasteiger partial charge in [0.2, 0.25) is 12.3 Å². The van der Waals surface area contributed by atoms with Crippen molar-refractivity contribution in [2.75, 3.05) is 13.2 Å². The number of carbonyl (C=O) groups is 3. The van der Waals surface area contributed by atoms with Crippen LogP contribution in [0.5, 0.6) is 5.75 Å². The molecule has 23 heavy (non-hydrogen) atoms. The van der Waals surface area contributed by atoms with Crippen LogP contribution in [0.25, 0.3) is 0 Å². The van der Waals surface area contributed by atoms with Gasteiger partial charge in [0.15, 0.2) is 0 Å². The Kier molecular flexibility index (Phi) is 5.70. The number of rotatable bonds is 8. The van der Waals surface area contributed by atoms with Gasteiger partial charge in [-0.3, -0.25) is 19.7 Å². The van der Waals surface area contributed by atoms with Gasteiger partial charge in [-0.15, -0.1) is 0 Å². The predicted molar refractivity (Wildman–Crippen MR) is 81.8 cm³/mol. The van der Waals surface area contributed by atoms with Gasteiger partial charge >= 0.3 is 0 Å². The normalized spacial score (nSPS) is 14.3. The number of carbonyl (C=O) groups excluding carboxylic acids is 3. The average molecular weight is 320 g/mol. The van der Waals surface area contributed by atoms with Crippen molar-refractivity contribution in [1.29, 1.82) is 0 Å². The lowest BCUT2D eigenvalue weighted by molar-refractivity contribution is -0.125. The van der Waals surface area contributed by atoms with Gasteiger partial charge in [0.1, 0.15) is 12.4 Å². The number of nitrogens with zero attached hydrogens (tertiary/aromatic N) is 1. The van der Waals surface area contributed by atoms with Crippen LogP contribution in [0, 0.1) is 0 Å². The molecule has 2 rings (SSSR count).